The lowest BCUT2D eigenvalue weighted by atomic mass is 10.0. The van der Waals surface area contributed by atoms with Gasteiger partial charge in [0.1, 0.15) is 6.42 Å². The highest BCUT2D eigenvalue weighted by atomic mass is 16.7. The van der Waals surface area contributed by atoms with Gasteiger partial charge in [-0.1, -0.05) is 13.8 Å². The first-order valence-electron chi connectivity index (χ1n) is 7.33. The minimum absolute atomic E-state index is 0.0680. The molecule has 0 bridgehead atoms. The van der Waals surface area contributed by atoms with Crippen LogP contribution < -0.4 is 5.32 Å². The molecule has 2 saturated heterocycles. The highest BCUT2D eigenvalue weighted by Crippen LogP contribution is 2.31. The van der Waals surface area contributed by atoms with Crippen LogP contribution in [0, 0.1) is 5.92 Å². The number of carbonyl (C=O) groups is 2. The van der Waals surface area contributed by atoms with Gasteiger partial charge in [-0.3, -0.25) is 9.59 Å². The lowest BCUT2D eigenvalue weighted by molar-refractivity contribution is -0.187. The molecule has 0 aromatic carbocycles. The van der Waals surface area contributed by atoms with Crippen molar-refractivity contribution < 1.29 is 19.1 Å². The van der Waals surface area contributed by atoms with Gasteiger partial charge in [0.2, 0.25) is 11.8 Å². The number of likely N-dealkylation sites (tertiary alicyclic amines) is 1. The quantitative estimate of drug-likeness (QED) is 0.764. The molecule has 6 nitrogen and oxygen atoms in total. The number of amides is 2. The molecule has 1 N–H and O–H groups in total. The Morgan fingerprint density at radius 1 is 1.20 bits per heavy atom. The monoisotopic (exact) mass is 284 g/mol. The van der Waals surface area contributed by atoms with Crippen LogP contribution in [0.2, 0.25) is 0 Å². The van der Waals surface area contributed by atoms with Gasteiger partial charge >= 0.3 is 0 Å². The number of piperidine rings is 1. The highest BCUT2D eigenvalue weighted by molar-refractivity contribution is 5.96. The van der Waals surface area contributed by atoms with E-state index in [1.807, 2.05) is 13.8 Å². The van der Waals surface area contributed by atoms with Gasteiger partial charge in [-0.05, 0) is 5.92 Å². The van der Waals surface area contributed by atoms with Crippen LogP contribution in [0.4, 0.5) is 0 Å². The first-order chi connectivity index (χ1) is 9.51. The van der Waals surface area contributed by atoms with Crippen LogP contribution in [0.5, 0.6) is 0 Å². The molecule has 0 unspecified atom stereocenters. The van der Waals surface area contributed by atoms with Gasteiger partial charge in [0.15, 0.2) is 5.79 Å². The van der Waals surface area contributed by atoms with Crippen molar-refractivity contribution in [2.75, 3.05) is 32.8 Å². The Labute approximate surface area is 119 Å². The van der Waals surface area contributed by atoms with E-state index in [4.69, 9.17) is 9.47 Å². The minimum Gasteiger partial charge on any atom is -0.355 e. The summed E-state index contributed by atoms with van der Waals surface area (Å²) < 4.78 is 11.2. The number of rotatable bonds is 4. The molecular weight excluding hydrogens is 260 g/mol. The molecule has 0 atom stereocenters. The fourth-order valence-corrected chi connectivity index (χ4v) is 2.51. The second kappa shape index (κ2) is 6.54. The number of ether oxygens (including phenoxy) is 2. The molecule has 0 aromatic rings. The van der Waals surface area contributed by atoms with Crippen molar-refractivity contribution >= 4 is 11.8 Å². The van der Waals surface area contributed by atoms with E-state index in [9.17, 15) is 9.59 Å². The molecule has 1 spiro atoms. The summed E-state index contributed by atoms with van der Waals surface area (Å²) in [7, 11) is 0. The van der Waals surface area contributed by atoms with Gasteiger partial charge in [0.05, 0.1) is 13.2 Å². The zero-order chi connectivity index (χ0) is 14.6. The molecule has 0 saturated carbocycles. The van der Waals surface area contributed by atoms with Crippen molar-refractivity contribution in [3.8, 4) is 0 Å². The molecule has 2 aliphatic rings. The molecule has 6 heteroatoms. The van der Waals surface area contributed by atoms with Crippen molar-refractivity contribution in [3.63, 3.8) is 0 Å². The zero-order valence-corrected chi connectivity index (χ0v) is 12.3. The van der Waals surface area contributed by atoms with E-state index in [0.29, 0.717) is 51.6 Å². The Balaban J connectivity index is 1.73. The number of carbonyl (C=O) groups excluding carboxylic acids is 2. The summed E-state index contributed by atoms with van der Waals surface area (Å²) in [4.78, 5) is 25.4. The number of nitrogens with one attached hydrogen (secondary N) is 1. The Hall–Kier alpha value is -1.14. The van der Waals surface area contributed by atoms with Crippen LogP contribution >= 0.6 is 0 Å². The third-order valence-corrected chi connectivity index (χ3v) is 3.71. The van der Waals surface area contributed by atoms with Crippen LogP contribution in [0.25, 0.3) is 0 Å². The maximum Gasteiger partial charge on any atom is 0.232 e. The molecule has 0 aliphatic carbocycles. The first kappa shape index (κ1) is 15.3. The lowest BCUT2D eigenvalue weighted by Gasteiger charge is -2.37. The third-order valence-electron chi connectivity index (χ3n) is 3.71. The predicted molar refractivity (Wildman–Crippen MR) is 72.9 cm³/mol. The largest absolute Gasteiger partial charge is 0.355 e. The smallest absolute Gasteiger partial charge is 0.232 e. The van der Waals surface area contributed by atoms with Gasteiger partial charge in [0.25, 0.3) is 0 Å². The molecule has 2 aliphatic heterocycles. The average molecular weight is 284 g/mol. The fourth-order valence-electron chi connectivity index (χ4n) is 2.51. The summed E-state index contributed by atoms with van der Waals surface area (Å²) in [5.41, 5.74) is 0. The Morgan fingerprint density at radius 2 is 1.80 bits per heavy atom. The van der Waals surface area contributed by atoms with E-state index in [0.717, 1.165) is 0 Å². The van der Waals surface area contributed by atoms with Gasteiger partial charge < -0.3 is 19.7 Å². The molecule has 2 fully saturated rings. The molecule has 20 heavy (non-hydrogen) atoms. The summed E-state index contributed by atoms with van der Waals surface area (Å²) in [6, 6.07) is 0. The maximum atomic E-state index is 12.0. The van der Waals surface area contributed by atoms with Crippen molar-refractivity contribution in [2.45, 2.75) is 38.9 Å². The first-order valence-corrected chi connectivity index (χ1v) is 7.33. The van der Waals surface area contributed by atoms with Crippen LogP contribution in [-0.2, 0) is 19.1 Å². The van der Waals surface area contributed by atoms with Crippen molar-refractivity contribution in [2.24, 2.45) is 5.92 Å². The van der Waals surface area contributed by atoms with Crippen LogP contribution in [0.15, 0.2) is 0 Å². The standard InChI is InChI=1S/C14H24N2O4/c1-11(2)10-15-12(17)9-13(18)16-5-3-14(4-6-16)19-7-8-20-14/h11H,3-10H2,1-2H3,(H,15,17). The molecule has 114 valence electrons. The van der Waals surface area contributed by atoms with E-state index in [2.05, 4.69) is 5.32 Å². The maximum absolute atomic E-state index is 12.0. The molecule has 2 rings (SSSR count). The Kier molecular flexibility index (Phi) is 4.99. The zero-order valence-electron chi connectivity index (χ0n) is 12.3. The molecule has 2 heterocycles. The second-order valence-corrected chi connectivity index (χ2v) is 5.86. The molecule has 0 aromatic heterocycles. The van der Waals surface area contributed by atoms with Gasteiger partial charge in [-0.2, -0.15) is 0 Å². The van der Waals surface area contributed by atoms with E-state index in [1.54, 1.807) is 4.90 Å². The van der Waals surface area contributed by atoms with Crippen molar-refractivity contribution in [1.82, 2.24) is 10.2 Å². The average Bonchev–Trinajstić information content (AvgIpc) is 2.85. The minimum atomic E-state index is -0.476. The molecule has 0 radical (unpaired) electrons. The predicted octanol–water partition coefficient (Wildman–Crippen LogP) is 0.514. The van der Waals surface area contributed by atoms with Crippen molar-refractivity contribution in [1.29, 1.82) is 0 Å². The summed E-state index contributed by atoms with van der Waals surface area (Å²) in [6.45, 7) is 7.10. The second-order valence-electron chi connectivity index (χ2n) is 5.86. The normalized spacial score (nSPS) is 21.4. The Morgan fingerprint density at radius 3 is 2.35 bits per heavy atom. The van der Waals surface area contributed by atoms with E-state index >= 15 is 0 Å². The van der Waals surface area contributed by atoms with Gasteiger partial charge in [-0.25, -0.2) is 0 Å². The third kappa shape index (κ3) is 3.93. The van der Waals surface area contributed by atoms with Crippen LogP contribution in [0.3, 0.4) is 0 Å². The number of nitrogens with zero attached hydrogens (tertiary/aromatic N) is 1. The lowest BCUT2D eigenvalue weighted by Crippen LogP contribution is -2.48. The summed E-state index contributed by atoms with van der Waals surface area (Å²) in [5.74, 6) is -0.395. The number of hydrogen-bond donors (Lipinski definition) is 1. The summed E-state index contributed by atoms with van der Waals surface area (Å²) >= 11 is 0. The topological polar surface area (TPSA) is 67.9 Å². The van der Waals surface area contributed by atoms with Crippen LogP contribution in [0.1, 0.15) is 33.1 Å². The van der Waals surface area contributed by atoms with E-state index < -0.39 is 5.79 Å². The van der Waals surface area contributed by atoms with Gasteiger partial charge in [-0.15, -0.1) is 0 Å². The van der Waals surface area contributed by atoms with E-state index in [-0.39, 0.29) is 18.2 Å². The molecular formula is C14H24N2O4. The molecule has 2 amide bonds. The highest BCUT2D eigenvalue weighted by Gasteiger charge is 2.40. The van der Waals surface area contributed by atoms with Crippen LogP contribution in [-0.4, -0.2) is 55.3 Å². The Bertz CT molecular complexity index is 354. The van der Waals surface area contributed by atoms with E-state index in [1.165, 1.54) is 0 Å². The SMILES string of the molecule is CC(C)CNC(=O)CC(=O)N1CCC2(CC1)OCCO2. The van der Waals surface area contributed by atoms with Gasteiger partial charge in [0, 0.05) is 32.5 Å². The number of hydrogen-bond acceptors (Lipinski definition) is 4. The summed E-state index contributed by atoms with van der Waals surface area (Å²) in [6.07, 6.45) is 1.31. The summed E-state index contributed by atoms with van der Waals surface area (Å²) in [5, 5.41) is 2.76. The fraction of sp³-hybridized carbons (Fsp3) is 0.857. The van der Waals surface area contributed by atoms with Crippen molar-refractivity contribution in [3.05, 3.63) is 0 Å².